The van der Waals surface area contributed by atoms with Crippen LogP contribution in [0.3, 0.4) is 0 Å². The summed E-state index contributed by atoms with van der Waals surface area (Å²) in [5.74, 6) is 6.26. The van der Waals surface area contributed by atoms with Gasteiger partial charge in [-0.2, -0.15) is 0 Å². The number of aromatic nitrogens is 3. The summed E-state index contributed by atoms with van der Waals surface area (Å²) in [5, 5.41) is 0.810. The minimum absolute atomic E-state index is 0.326. The first-order chi connectivity index (χ1) is 7.77. The molecule has 0 amide bonds. The van der Waals surface area contributed by atoms with E-state index < -0.39 is 0 Å². The first-order valence-electron chi connectivity index (χ1n) is 5.06. The zero-order valence-corrected chi connectivity index (χ0v) is 9.07. The van der Waals surface area contributed by atoms with Gasteiger partial charge in [-0.1, -0.05) is 11.8 Å². The molecule has 2 aromatic rings. The van der Waals surface area contributed by atoms with E-state index in [0.29, 0.717) is 12.4 Å². The highest BCUT2D eigenvalue weighted by molar-refractivity contribution is 5.92. The van der Waals surface area contributed by atoms with E-state index in [2.05, 4.69) is 21.8 Å². The number of hydrogen-bond acceptors (Lipinski definition) is 4. The lowest BCUT2D eigenvalue weighted by atomic mass is 10.2. The van der Waals surface area contributed by atoms with Crippen molar-refractivity contribution in [3.63, 3.8) is 0 Å². The van der Waals surface area contributed by atoms with Gasteiger partial charge in [-0.05, 0) is 6.92 Å². The smallest absolute Gasteiger partial charge is 0.146 e. The minimum atomic E-state index is 0.326. The van der Waals surface area contributed by atoms with Crippen LogP contribution in [0.25, 0.3) is 11.0 Å². The maximum atomic E-state index is 5.83. The van der Waals surface area contributed by atoms with Crippen LogP contribution in [-0.2, 0) is 6.54 Å². The second kappa shape index (κ2) is 4.21. The highest BCUT2D eigenvalue weighted by Crippen LogP contribution is 2.22. The molecule has 0 aliphatic heterocycles. The summed E-state index contributed by atoms with van der Waals surface area (Å²) in [5.41, 5.74) is 12.8. The van der Waals surface area contributed by atoms with Gasteiger partial charge >= 0.3 is 0 Å². The average molecular weight is 215 g/mol. The Morgan fingerprint density at radius 1 is 1.44 bits per heavy atom. The molecule has 0 saturated carbocycles. The van der Waals surface area contributed by atoms with Crippen LogP contribution in [-0.4, -0.2) is 21.1 Å². The maximum Gasteiger partial charge on any atom is 0.146 e. The van der Waals surface area contributed by atoms with Gasteiger partial charge in [0.05, 0.1) is 17.5 Å². The van der Waals surface area contributed by atoms with Gasteiger partial charge in [0, 0.05) is 12.7 Å². The predicted molar refractivity (Wildman–Crippen MR) is 63.5 cm³/mol. The Kier molecular flexibility index (Phi) is 2.75. The number of nitrogens with zero attached hydrogens (tertiary/aromatic N) is 3. The third kappa shape index (κ3) is 1.59. The number of aryl methyl sites for hydroxylation is 1. The largest absolute Gasteiger partial charge is 0.383 e. The van der Waals surface area contributed by atoms with Gasteiger partial charge in [-0.3, -0.25) is 0 Å². The molecule has 0 fully saturated rings. The first kappa shape index (κ1) is 10.5. The van der Waals surface area contributed by atoms with Crippen LogP contribution >= 0.6 is 0 Å². The number of rotatable bonds is 1. The summed E-state index contributed by atoms with van der Waals surface area (Å²) in [6.45, 7) is 3.18. The number of hydrogen-bond donors (Lipinski definition) is 2. The Balaban J connectivity index is 2.74. The minimum Gasteiger partial charge on any atom is -0.383 e. The average Bonchev–Trinajstić information content (AvgIpc) is 2.66. The summed E-state index contributed by atoms with van der Waals surface area (Å²) in [4.78, 5) is 8.19. The molecule has 5 nitrogen and oxygen atoms in total. The van der Waals surface area contributed by atoms with E-state index in [4.69, 9.17) is 11.5 Å². The van der Waals surface area contributed by atoms with Crippen LogP contribution in [0.2, 0.25) is 0 Å². The molecule has 82 valence electrons. The first-order valence-corrected chi connectivity index (χ1v) is 5.06. The molecule has 0 unspecified atom stereocenters. The van der Waals surface area contributed by atoms with E-state index in [1.54, 1.807) is 0 Å². The van der Waals surface area contributed by atoms with Gasteiger partial charge in [0.25, 0.3) is 0 Å². The SMILES string of the molecule is CCn1cc(C#CCN)c2c(N)ncnc21. The van der Waals surface area contributed by atoms with Crippen molar-refractivity contribution >= 4 is 16.9 Å². The summed E-state index contributed by atoms with van der Waals surface area (Å²) < 4.78 is 1.99. The predicted octanol–water partition coefficient (Wildman–Crippen LogP) is 0.344. The Hall–Kier alpha value is -2.06. The van der Waals surface area contributed by atoms with E-state index >= 15 is 0 Å². The Morgan fingerprint density at radius 3 is 2.94 bits per heavy atom. The lowest BCUT2D eigenvalue weighted by Crippen LogP contribution is -1.96. The number of nitrogen functional groups attached to an aromatic ring is 1. The molecule has 4 N–H and O–H groups in total. The summed E-state index contributed by atoms with van der Waals surface area (Å²) in [7, 11) is 0. The van der Waals surface area contributed by atoms with Gasteiger partial charge in [0.2, 0.25) is 0 Å². The summed E-state index contributed by atoms with van der Waals surface area (Å²) in [6.07, 6.45) is 3.39. The van der Waals surface area contributed by atoms with E-state index in [9.17, 15) is 0 Å². The van der Waals surface area contributed by atoms with Gasteiger partial charge in [-0.25, -0.2) is 9.97 Å². The fraction of sp³-hybridized carbons (Fsp3) is 0.273. The molecule has 0 aromatic carbocycles. The van der Waals surface area contributed by atoms with Crippen LogP contribution in [0.1, 0.15) is 12.5 Å². The van der Waals surface area contributed by atoms with E-state index in [1.165, 1.54) is 6.33 Å². The Morgan fingerprint density at radius 2 is 2.25 bits per heavy atom. The molecule has 2 aromatic heterocycles. The van der Waals surface area contributed by atoms with Crippen molar-refractivity contribution in [2.45, 2.75) is 13.5 Å². The lowest BCUT2D eigenvalue weighted by molar-refractivity contribution is 0.786. The van der Waals surface area contributed by atoms with Crippen molar-refractivity contribution < 1.29 is 0 Å². The second-order valence-electron chi connectivity index (χ2n) is 3.29. The fourth-order valence-corrected chi connectivity index (χ4v) is 1.63. The van der Waals surface area contributed by atoms with E-state index in [1.807, 2.05) is 17.7 Å². The third-order valence-electron chi connectivity index (χ3n) is 2.35. The fourth-order valence-electron chi connectivity index (χ4n) is 1.63. The van der Waals surface area contributed by atoms with Gasteiger partial charge in [0.15, 0.2) is 0 Å². The molecule has 5 heteroatoms. The highest BCUT2D eigenvalue weighted by atomic mass is 15.1. The normalized spacial score (nSPS) is 10.1. The van der Waals surface area contributed by atoms with Crippen LogP contribution in [0.15, 0.2) is 12.5 Å². The van der Waals surface area contributed by atoms with Gasteiger partial charge in [0.1, 0.15) is 17.8 Å². The van der Waals surface area contributed by atoms with Crippen molar-refractivity contribution in [2.75, 3.05) is 12.3 Å². The van der Waals surface area contributed by atoms with Gasteiger partial charge in [-0.15, -0.1) is 0 Å². The number of anilines is 1. The Labute approximate surface area is 93.5 Å². The lowest BCUT2D eigenvalue weighted by Gasteiger charge is -1.98. The standard InChI is InChI=1S/C11H13N5/c1-2-16-6-8(4-3-5-12)9-10(13)14-7-15-11(9)16/h6-7H,2,5,12H2,1H3,(H2,13,14,15). The maximum absolute atomic E-state index is 5.83. The highest BCUT2D eigenvalue weighted by Gasteiger charge is 2.10. The van der Waals surface area contributed by atoms with E-state index in [0.717, 1.165) is 23.1 Å². The van der Waals surface area contributed by atoms with Crippen molar-refractivity contribution in [1.29, 1.82) is 0 Å². The molecule has 0 spiro atoms. The van der Waals surface area contributed by atoms with Gasteiger partial charge < -0.3 is 16.0 Å². The number of fused-ring (bicyclic) bond motifs is 1. The Bertz CT molecular complexity index is 573. The molecule has 0 saturated heterocycles. The monoisotopic (exact) mass is 215 g/mol. The zero-order chi connectivity index (χ0) is 11.5. The molecule has 2 rings (SSSR count). The molecule has 0 bridgehead atoms. The van der Waals surface area contributed by atoms with Crippen molar-refractivity contribution in [3.8, 4) is 11.8 Å². The molecule has 0 aliphatic carbocycles. The molecule has 16 heavy (non-hydrogen) atoms. The zero-order valence-electron chi connectivity index (χ0n) is 9.07. The summed E-state index contributed by atoms with van der Waals surface area (Å²) >= 11 is 0. The molecular weight excluding hydrogens is 202 g/mol. The molecular formula is C11H13N5. The molecule has 0 radical (unpaired) electrons. The topological polar surface area (TPSA) is 82.8 Å². The summed E-state index contributed by atoms with van der Waals surface area (Å²) in [6, 6.07) is 0. The molecule has 0 aliphatic rings. The van der Waals surface area contributed by atoms with E-state index in [-0.39, 0.29) is 0 Å². The van der Waals surface area contributed by atoms with Crippen LogP contribution in [0, 0.1) is 11.8 Å². The third-order valence-corrected chi connectivity index (χ3v) is 2.35. The molecule has 2 heterocycles. The van der Waals surface area contributed by atoms with Crippen molar-refractivity contribution in [2.24, 2.45) is 5.73 Å². The number of nitrogens with two attached hydrogens (primary N) is 2. The quantitative estimate of drug-likeness (QED) is 0.672. The molecule has 0 atom stereocenters. The van der Waals surface area contributed by atoms with Crippen LogP contribution in [0.5, 0.6) is 0 Å². The van der Waals surface area contributed by atoms with Crippen LogP contribution < -0.4 is 11.5 Å². The second-order valence-corrected chi connectivity index (χ2v) is 3.29. The van der Waals surface area contributed by atoms with Crippen molar-refractivity contribution in [1.82, 2.24) is 14.5 Å². The van der Waals surface area contributed by atoms with Crippen molar-refractivity contribution in [3.05, 3.63) is 18.1 Å². The van der Waals surface area contributed by atoms with Crippen LogP contribution in [0.4, 0.5) is 5.82 Å².